The second kappa shape index (κ2) is 5.34. The van der Waals surface area contributed by atoms with E-state index < -0.39 is 11.9 Å². The van der Waals surface area contributed by atoms with Gasteiger partial charge in [-0.25, -0.2) is 0 Å². The van der Waals surface area contributed by atoms with Crippen LogP contribution in [0.4, 0.5) is 5.69 Å². The van der Waals surface area contributed by atoms with Gasteiger partial charge >= 0.3 is 5.97 Å². The standard InChI is InChI=1S/C13H13N3O3/c14-13(19)9-7-16-10-4-2-1-3-8(10)12(9)15-6-5-11(17)18/h1-4,7H,5-6H2,(H2,14,19)(H,15,16)(H,17,18). The number of para-hydroxylation sites is 1. The lowest BCUT2D eigenvalue weighted by Crippen LogP contribution is -2.16. The molecular weight excluding hydrogens is 246 g/mol. The van der Waals surface area contributed by atoms with E-state index in [-0.39, 0.29) is 18.5 Å². The number of aromatic nitrogens is 1. The molecule has 1 amide bonds. The number of carbonyl (C=O) groups is 2. The summed E-state index contributed by atoms with van der Waals surface area (Å²) < 4.78 is 0. The maximum Gasteiger partial charge on any atom is 0.305 e. The molecule has 4 N–H and O–H groups in total. The third-order valence-electron chi connectivity index (χ3n) is 2.68. The molecule has 1 aromatic carbocycles. The minimum atomic E-state index is -0.911. The van der Waals surface area contributed by atoms with E-state index >= 15 is 0 Å². The average Bonchev–Trinajstić information content (AvgIpc) is 2.38. The van der Waals surface area contributed by atoms with E-state index in [9.17, 15) is 9.59 Å². The third-order valence-corrected chi connectivity index (χ3v) is 2.68. The van der Waals surface area contributed by atoms with Crippen LogP contribution in [0.3, 0.4) is 0 Å². The Bertz CT molecular complexity index is 640. The van der Waals surface area contributed by atoms with Crippen LogP contribution in [0.5, 0.6) is 0 Å². The number of fused-ring (bicyclic) bond motifs is 1. The van der Waals surface area contributed by atoms with Crippen LogP contribution in [0, 0.1) is 0 Å². The van der Waals surface area contributed by atoms with Crippen molar-refractivity contribution in [3.63, 3.8) is 0 Å². The number of nitrogens with one attached hydrogen (secondary N) is 1. The highest BCUT2D eigenvalue weighted by molar-refractivity contribution is 6.06. The van der Waals surface area contributed by atoms with Crippen molar-refractivity contribution in [3.05, 3.63) is 36.0 Å². The Morgan fingerprint density at radius 3 is 2.74 bits per heavy atom. The number of pyridine rings is 1. The van der Waals surface area contributed by atoms with Gasteiger partial charge in [0, 0.05) is 18.1 Å². The van der Waals surface area contributed by atoms with Gasteiger partial charge in [-0.3, -0.25) is 14.6 Å². The first kappa shape index (κ1) is 12.8. The minimum Gasteiger partial charge on any atom is -0.481 e. The Hall–Kier alpha value is -2.63. The zero-order valence-corrected chi connectivity index (χ0v) is 10.1. The highest BCUT2D eigenvalue weighted by Gasteiger charge is 2.12. The van der Waals surface area contributed by atoms with E-state index in [0.29, 0.717) is 11.2 Å². The van der Waals surface area contributed by atoms with Gasteiger partial charge in [0.05, 0.1) is 23.2 Å². The van der Waals surface area contributed by atoms with Crippen LogP contribution in [-0.4, -0.2) is 28.5 Å². The van der Waals surface area contributed by atoms with Crippen molar-refractivity contribution in [1.29, 1.82) is 0 Å². The second-order valence-electron chi connectivity index (χ2n) is 4.00. The van der Waals surface area contributed by atoms with E-state index in [4.69, 9.17) is 10.8 Å². The average molecular weight is 259 g/mol. The monoisotopic (exact) mass is 259 g/mol. The number of nitrogens with zero attached hydrogens (tertiary/aromatic N) is 1. The maximum atomic E-state index is 11.4. The number of hydrogen-bond acceptors (Lipinski definition) is 4. The van der Waals surface area contributed by atoms with Crippen molar-refractivity contribution >= 4 is 28.5 Å². The molecule has 0 aliphatic rings. The lowest BCUT2D eigenvalue weighted by Gasteiger charge is -2.12. The number of carbonyl (C=O) groups excluding carboxylic acids is 1. The Labute approximate surface area is 109 Å². The normalized spacial score (nSPS) is 10.3. The number of carboxylic acid groups (broad SMARTS) is 1. The Morgan fingerprint density at radius 1 is 1.32 bits per heavy atom. The number of amides is 1. The van der Waals surface area contributed by atoms with Crippen LogP contribution in [0.1, 0.15) is 16.8 Å². The SMILES string of the molecule is NC(=O)c1cnc2ccccc2c1NCCC(=O)O. The molecule has 0 aliphatic carbocycles. The number of hydrogen-bond donors (Lipinski definition) is 3. The molecule has 0 atom stereocenters. The molecule has 0 fully saturated rings. The molecule has 19 heavy (non-hydrogen) atoms. The smallest absolute Gasteiger partial charge is 0.305 e. The summed E-state index contributed by atoms with van der Waals surface area (Å²) in [5.74, 6) is -1.51. The lowest BCUT2D eigenvalue weighted by molar-refractivity contribution is -0.136. The predicted molar refractivity (Wildman–Crippen MR) is 71.0 cm³/mol. The molecule has 2 rings (SSSR count). The van der Waals surface area contributed by atoms with Crippen LogP contribution in [-0.2, 0) is 4.79 Å². The van der Waals surface area contributed by atoms with Gasteiger partial charge in [0.1, 0.15) is 0 Å². The molecule has 0 radical (unpaired) electrons. The first-order valence-electron chi connectivity index (χ1n) is 5.73. The van der Waals surface area contributed by atoms with Gasteiger partial charge in [0.15, 0.2) is 0 Å². The quantitative estimate of drug-likeness (QED) is 0.748. The van der Waals surface area contributed by atoms with Crippen molar-refractivity contribution in [3.8, 4) is 0 Å². The summed E-state index contributed by atoms with van der Waals surface area (Å²) in [6.07, 6.45) is 1.35. The zero-order valence-electron chi connectivity index (χ0n) is 10.1. The maximum absolute atomic E-state index is 11.4. The molecule has 6 nitrogen and oxygen atoms in total. The summed E-state index contributed by atoms with van der Waals surface area (Å²) >= 11 is 0. The van der Waals surface area contributed by atoms with Gasteiger partial charge in [-0.2, -0.15) is 0 Å². The van der Waals surface area contributed by atoms with Crippen molar-refractivity contribution in [1.82, 2.24) is 4.98 Å². The first-order valence-corrected chi connectivity index (χ1v) is 5.73. The summed E-state index contributed by atoms with van der Waals surface area (Å²) in [5.41, 5.74) is 6.80. The Balaban J connectivity index is 2.43. The van der Waals surface area contributed by atoms with Crippen LogP contribution in [0.15, 0.2) is 30.5 Å². The second-order valence-corrected chi connectivity index (χ2v) is 4.00. The molecule has 0 saturated carbocycles. The number of carboxylic acids is 1. The van der Waals surface area contributed by atoms with Gasteiger partial charge in [-0.15, -0.1) is 0 Å². The molecule has 6 heteroatoms. The summed E-state index contributed by atoms with van der Waals surface area (Å²) in [5, 5.41) is 12.3. The molecule has 0 spiro atoms. The molecule has 98 valence electrons. The highest BCUT2D eigenvalue weighted by atomic mass is 16.4. The Morgan fingerprint density at radius 2 is 2.05 bits per heavy atom. The largest absolute Gasteiger partial charge is 0.481 e. The van der Waals surface area contributed by atoms with Gasteiger partial charge in [-0.05, 0) is 6.07 Å². The summed E-state index contributed by atoms with van der Waals surface area (Å²) in [7, 11) is 0. The highest BCUT2D eigenvalue weighted by Crippen LogP contribution is 2.25. The van der Waals surface area contributed by atoms with E-state index in [0.717, 1.165) is 5.39 Å². The van der Waals surface area contributed by atoms with Crippen molar-refractivity contribution in [2.24, 2.45) is 5.73 Å². The molecular formula is C13H13N3O3. The van der Waals surface area contributed by atoms with Crippen molar-refractivity contribution in [2.75, 3.05) is 11.9 Å². The number of benzene rings is 1. The fourth-order valence-electron chi connectivity index (χ4n) is 1.81. The molecule has 0 bridgehead atoms. The first-order chi connectivity index (χ1) is 9.09. The number of rotatable bonds is 5. The number of anilines is 1. The summed E-state index contributed by atoms with van der Waals surface area (Å²) in [6.45, 7) is 0.212. The van der Waals surface area contributed by atoms with Gasteiger partial charge in [0.2, 0.25) is 0 Å². The van der Waals surface area contributed by atoms with Gasteiger partial charge in [0.25, 0.3) is 5.91 Å². The van der Waals surface area contributed by atoms with E-state index in [1.54, 1.807) is 6.07 Å². The van der Waals surface area contributed by atoms with Gasteiger partial charge in [-0.1, -0.05) is 18.2 Å². The minimum absolute atomic E-state index is 0.0468. The summed E-state index contributed by atoms with van der Waals surface area (Å²) in [4.78, 5) is 26.1. The van der Waals surface area contributed by atoms with E-state index in [1.165, 1.54) is 6.20 Å². The van der Waals surface area contributed by atoms with Crippen LogP contribution in [0.2, 0.25) is 0 Å². The lowest BCUT2D eigenvalue weighted by atomic mass is 10.1. The van der Waals surface area contributed by atoms with E-state index in [2.05, 4.69) is 10.3 Å². The number of aliphatic carboxylic acids is 1. The van der Waals surface area contributed by atoms with Crippen LogP contribution in [0.25, 0.3) is 10.9 Å². The topological polar surface area (TPSA) is 105 Å². The predicted octanol–water partition coefficient (Wildman–Crippen LogP) is 1.22. The zero-order chi connectivity index (χ0) is 13.8. The molecule has 1 heterocycles. The van der Waals surface area contributed by atoms with E-state index in [1.807, 2.05) is 18.2 Å². The fourth-order valence-corrected chi connectivity index (χ4v) is 1.81. The Kier molecular flexibility index (Phi) is 3.61. The van der Waals surface area contributed by atoms with Crippen molar-refractivity contribution in [2.45, 2.75) is 6.42 Å². The van der Waals surface area contributed by atoms with Crippen LogP contribution < -0.4 is 11.1 Å². The molecule has 0 aliphatic heterocycles. The number of primary amides is 1. The third kappa shape index (κ3) is 2.79. The summed E-state index contributed by atoms with van der Waals surface area (Å²) in [6, 6.07) is 7.26. The number of nitrogens with two attached hydrogens (primary N) is 1. The molecule has 0 unspecified atom stereocenters. The fraction of sp³-hybridized carbons (Fsp3) is 0.154. The van der Waals surface area contributed by atoms with Gasteiger partial charge < -0.3 is 16.2 Å². The molecule has 0 saturated heterocycles. The van der Waals surface area contributed by atoms with Crippen molar-refractivity contribution < 1.29 is 14.7 Å². The molecule has 2 aromatic rings. The van der Waals surface area contributed by atoms with Crippen LogP contribution >= 0.6 is 0 Å². The molecule has 1 aromatic heterocycles.